The number of nitrogens with one attached hydrogen (secondary N) is 1. The quantitative estimate of drug-likeness (QED) is 0.703. The van der Waals surface area contributed by atoms with E-state index in [0.29, 0.717) is 6.54 Å². The molecule has 1 N–H and O–H groups in total. The second kappa shape index (κ2) is 6.05. The van der Waals surface area contributed by atoms with Crippen molar-refractivity contribution in [3.8, 4) is 0 Å². The SMILES string of the molecule is CC12C(=O)N(N=Cc3ccccc3)CC(=O)N1CCc1c2[nH]c2ccccc12. The fourth-order valence-corrected chi connectivity index (χ4v) is 4.36. The standard InChI is InChI=1S/C22H20N4O2/c1-22-20-17(16-9-5-6-10-18(16)24-20)11-12-25(22)19(27)14-26(21(22)28)23-13-15-7-3-2-4-8-15/h2-10,13,24H,11-12,14H2,1H3. The summed E-state index contributed by atoms with van der Waals surface area (Å²) in [7, 11) is 0. The fourth-order valence-electron chi connectivity index (χ4n) is 4.36. The summed E-state index contributed by atoms with van der Waals surface area (Å²) in [5.74, 6) is -0.275. The Bertz CT molecular complexity index is 1120. The Labute approximate surface area is 162 Å². The van der Waals surface area contributed by atoms with Crippen LogP contribution in [0.1, 0.15) is 23.7 Å². The van der Waals surface area contributed by atoms with E-state index in [2.05, 4.69) is 16.2 Å². The lowest BCUT2D eigenvalue weighted by molar-refractivity contribution is -0.165. The van der Waals surface area contributed by atoms with Gasteiger partial charge < -0.3 is 9.88 Å². The number of hydrogen-bond donors (Lipinski definition) is 1. The molecule has 0 aliphatic carbocycles. The molecule has 0 bridgehead atoms. The number of hydrazone groups is 1. The maximum atomic E-state index is 13.5. The van der Waals surface area contributed by atoms with Crippen LogP contribution in [-0.2, 0) is 21.5 Å². The monoisotopic (exact) mass is 372 g/mol. The molecule has 6 heteroatoms. The summed E-state index contributed by atoms with van der Waals surface area (Å²) in [6.45, 7) is 2.32. The number of rotatable bonds is 2. The van der Waals surface area contributed by atoms with Crippen molar-refractivity contribution >= 4 is 28.9 Å². The van der Waals surface area contributed by atoms with Crippen molar-refractivity contribution in [3.05, 3.63) is 71.4 Å². The maximum absolute atomic E-state index is 13.5. The molecule has 1 fully saturated rings. The lowest BCUT2D eigenvalue weighted by Gasteiger charge is -2.48. The molecule has 1 aromatic heterocycles. The molecular formula is C22H20N4O2. The van der Waals surface area contributed by atoms with Gasteiger partial charge in [0, 0.05) is 17.4 Å². The van der Waals surface area contributed by atoms with Gasteiger partial charge in [0.2, 0.25) is 5.91 Å². The number of hydrogen-bond acceptors (Lipinski definition) is 3. The van der Waals surface area contributed by atoms with Gasteiger partial charge in [-0.25, -0.2) is 5.01 Å². The summed E-state index contributed by atoms with van der Waals surface area (Å²) in [5.41, 5.74) is 2.71. The van der Waals surface area contributed by atoms with Gasteiger partial charge in [0.1, 0.15) is 6.54 Å². The van der Waals surface area contributed by atoms with E-state index in [1.165, 1.54) is 5.01 Å². The van der Waals surface area contributed by atoms with Gasteiger partial charge in [-0.1, -0.05) is 48.5 Å². The lowest BCUT2D eigenvalue weighted by atomic mass is 9.83. The molecule has 0 spiro atoms. The first-order valence-corrected chi connectivity index (χ1v) is 9.40. The Kier molecular flexibility index (Phi) is 3.62. The van der Waals surface area contributed by atoms with Crippen LogP contribution in [0.2, 0.25) is 0 Å². The second-order valence-corrected chi connectivity index (χ2v) is 7.41. The van der Waals surface area contributed by atoms with Gasteiger partial charge in [0.15, 0.2) is 5.54 Å². The third kappa shape index (κ3) is 2.30. The molecule has 140 valence electrons. The number of aromatic nitrogens is 1. The molecule has 2 amide bonds. The van der Waals surface area contributed by atoms with E-state index >= 15 is 0 Å². The van der Waals surface area contributed by atoms with Gasteiger partial charge in [-0.05, 0) is 30.5 Å². The van der Waals surface area contributed by atoms with Crippen LogP contribution in [0, 0.1) is 0 Å². The number of fused-ring (bicyclic) bond motifs is 5. The number of carbonyl (C=O) groups is 2. The van der Waals surface area contributed by atoms with Crippen molar-refractivity contribution in [2.24, 2.45) is 5.10 Å². The van der Waals surface area contributed by atoms with Crippen molar-refractivity contribution in [2.45, 2.75) is 18.9 Å². The average molecular weight is 372 g/mol. The maximum Gasteiger partial charge on any atom is 0.275 e. The minimum Gasteiger partial charge on any atom is -0.356 e. The highest BCUT2D eigenvalue weighted by Crippen LogP contribution is 2.41. The van der Waals surface area contributed by atoms with Crippen LogP contribution in [0.15, 0.2) is 59.7 Å². The summed E-state index contributed by atoms with van der Waals surface area (Å²) >= 11 is 0. The number of nitrogens with zero attached hydrogens (tertiary/aromatic N) is 3. The number of aromatic amines is 1. The zero-order valence-corrected chi connectivity index (χ0v) is 15.6. The minimum absolute atomic E-state index is 0.0344. The van der Waals surface area contributed by atoms with Crippen molar-refractivity contribution in [1.82, 2.24) is 14.9 Å². The van der Waals surface area contributed by atoms with Crippen LogP contribution in [0.5, 0.6) is 0 Å². The molecule has 2 aliphatic heterocycles. The molecule has 2 aliphatic rings. The van der Waals surface area contributed by atoms with Crippen LogP contribution in [0.4, 0.5) is 0 Å². The highest BCUT2D eigenvalue weighted by molar-refractivity contribution is 6.01. The molecule has 1 atom stereocenters. The predicted octanol–water partition coefficient (Wildman–Crippen LogP) is 2.64. The van der Waals surface area contributed by atoms with Gasteiger partial charge in [-0.3, -0.25) is 9.59 Å². The Balaban J connectivity index is 1.59. The van der Waals surface area contributed by atoms with E-state index in [1.54, 1.807) is 11.1 Å². The molecule has 0 saturated carbocycles. The Morgan fingerprint density at radius 2 is 1.82 bits per heavy atom. The van der Waals surface area contributed by atoms with E-state index in [-0.39, 0.29) is 18.4 Å². The zero-order chi connectivity index (χ0) is 19.3. The third-order valence-electron chi connectivity index (χ3n) is 5.81. The molecule has 1 unspecified atom stereocenters. The van der Waals surface area contributed by atoms with Crippen LogP contribution in [0.3, 0.4) is 0 Å². The van der Waals surface area contributed by atoms with E-state index < -0.39 is 5.54 Å². The van der Waals surface area contributed by atoms with Crippen molar-refractivity contribution in [1.29, 1.82) is 0 Å². The largest absolute Gasteiger partial charge is 0.356 e. The molecule has 3 heterocycles. The Hall–Kier alpha value is -3.41. The summed E-state index contributed by atoms with van der Waals surface area (Å²) in [6.07, 6.45) is 2.36. The molecular weight excluding hydrogens is 352 g/mol. The highest BCUT2D eigenvalue weighted by Gasteiger charge is 2.54. The summed E-state index contributed by atoms with van der Waals surface area (Å²) < 4.78 is 0. The number of carbonyl (C=O) groups excluding carboxylic acids is 2. The number of piperazine rings is 1. The Morgan fingerprint density at radius 3 is 2.64 bits per heavy atom. The molecule has 2 aromatic carbocycles. The number of para-hydroxylation sites is 1. The van der Waals surface area contributed by atoms with E-state index in [0.717, 1.165) is 34.1 Å². The van der Waals surface area contributed by atoms with Gasteiger partial charge in [-0.15, -0.1) is 0 Å². The van der Waals surface area contributed by atoms with E-state index in [4.69, 9.17) is 0 Å². The minimum atomic E-state index is -1.07. The molecule has 3 aromatic rings. The number of H-pyrrole nitrogens is 1. The molecule has 0 radical (unpaired) electrons. The van der Waals surface area contributed by atoms with Gasteiger partial charge >= 0.3 is 0 Å². The average Bonchev–Trinajstić information content (AvgIpc) is 3.11. The predicted molar refractivity (Wildman–Crippen MR) is 107 cm³/mol. The first-order chi connectivity index (χ1) is 13.6. The zero-order valence-electron chi connectivity index (χ0n) is 15.6. The fraction of sp³-hybridized carbons (Fsp3) is 0.227. The topological polar surface area (TPSA) is 68.8 Å². The van der Waals surface area contributed by atoms with Crippen LogP contribution < -0.4 is 0 Å². The summed E-state index contributed by atoms with van der Waals surface area (Å²) in [5, 5.41) is 6.76. The second-order valence-electron chi connectivity index (χ2n) is 7.41. The van der Waals surface area contributed by atoms with Crippen molar-refractivity contribution < 1.29 is 9.59 Å². The van der Waals surface area contributed by atoms with Crippen molar-refractivity contribution in [2.75, 3.05) is 13.1 Å². The lowest BCUT2D eigenvalue weighted by Crippen LogP contribution is -2.65. The van der Waals surface area contributed by atoms with E-state index in [1.807, 2.05) is 55.5 Å². The van der Waals surface area contributed by atoms with Crippen LogP contribution >= 0.6 is 0 Å². The highest BCUT2D eigenvalue weighted by atomic mass is 16.2. The Morgan fingerprint density at radius 1 is 1.07 bits per heavy atom. The van der Waals surface area contributed by atoms with Crippen LogP contribution in [0.25, 0.3) is 10.9 Å². The van der Waals surface area contributed by atoms with E-state index in [9.17, 15) is 9.59 Å². The smallest absolute Gasteiger partial charge is 0.275 e. The molecule has 1 saturated heterocycles. The van der Waals surface area contributed by atoms with Gasteiger partial charge in [0.25, 0.3) is 5.91 Å². The number of amides is 2. The van der Waals surface area contributed by atoms with Crippen LogP contribution in [-0.4, -0.2) is 46.0 Å². The first-order valence-electron chi connectivity index (χ1n) is 9.40. The summed E-state index contributed by atoms with van der Waals surface area (Å²) in [4.78, 5) is 31.5. The molecule has 5 rings (SSSR count). The van der Waals surface area contributed by atoms with Crippen molar-refractivity contribution in [3.63, 3.8) is 0 Å². The number of benzene rings is 2. The van der Waals surface area contributed by atoms with Gasteiger partial charge in [-0.2, -0.15) is 5.10 Å². The van der Waals surface area contributed by atoms with Gasteiger partial charge in [0.05, 0.1) is 11.9 Å². The third-order valence-corrected chi connectivity index (χ3v) is 5.81. The molecule has 28 heavy (non-hydrogen) atoms. The molecule has 6 nitrogen and oxygen atoms in total. The first kappa shape index (κ1) is 16.7. The normalized spacial score (nSPS) is 22.0. The summed E-state index contributed by atoms with van der Waals surface area (Å²) in [6, 6.07) is 17.6.